The molecule has 0 atom stereocenters. The van der Waals surface area contributed by atoms with Gasteiger partial charge in [0.2, 0.25) is 0 Å². The Morgan fingerprint density at radius 1 is 1.04 bits per heavy atom. The molecule has 0 radical (unpaired) electrons. The lowest BCUT2D eigenvalue weighted by Gasteiger charge is -2.09. The fraction of sp³-hybridized carbons (Fsp3) is 0.188. The number of amides is 3. The van der Waals surface area contributed by atoms with Crippen molar-refractivity contribution >= 4 is 23.6 Å². The lowest BCUT2D eigenvalue weighted by molar-refractivity contribution is 0.0596. The highest BCUT2D eigenvalue weighted by Crippen LogP contribution is 2.23. The van der Waals surface area contributed by atoms with Crippen molar-refractivity contribution in [3.63, 3.8) is 0 Å². The Hall–Kier alpha value is -3.29. The molecular formula is C16H18N4O4. The van der Waals surface area contributed by atoms with Gasteiger partial charge in [-0.05, 0) is 26.0 Å². The maximum absolute atomic E-state index is 12.7. The zero-order chi connectivity index (χ0) is 17.9. The first kappa shape index (κ1) is 17.1. The normalized spacial score (nSPS) is 10.1. The van der Waals surface area contributed by atoms with E-state index >= 15 is 0 Å². The van der Waals surface area contributed by atoms with Crippen molar-refractivity contribution in [2.24, 2.45) is 5.73 Å². The van der Waals surface area contributed by atoms with Crippen LogP contribution in [0.4, 0.5) is 10.5 Å². The van der Waals surface area contributed by atoms with E-state index in [4.69, 9.17) is 10.5 Å². The molecule has 4 N–H and O–H groups in total. The Balaban J connectivity index is 2.52. The molecule has 0 fully saturated rings. The third-order valence-corrected chi connectivity index (χ3v) is 3.51. The predicted molar refractivity (Wildman–Crippen MR) is 88.6 cm³/mol. The van der Waals surface area contributed by atoms with E-state index in [2.05, 4.69) is 10.7 Å². The molecule has 8 heteroatoms. The summed E-state index contributed by atoms with van der Waals surface area (Å²) >= 11 is 0. The molecule has 0 spiro atoms. The summed E-state index contributed by atoms with van der Waals surface area (Å²) < 4.78 is 6.04. The molecule has 2 rings (SSSR count). The van der Waals surface area contributed by atoms with Gasteiger partial charge in [0.05, 0.1) is 29.6 Å². The van der Waals surface area contributed by atoms with Gasteiger partial charge in [0.25, 0.3) is 5.91 Å². The molecule has 0 saturated heterocycles. The van der Waals surface area contributed by atoms with Crippen molar-refractivity contribution in [1.29, 1.82) is 0 Å². The molecule has 0 saturated carbocycles. The molecule has 8 nitrogen and oxygen atoms in total. The number of anilines is 1. The fourth-order valence-electron chi connectivity index (χ4n) is 2.46. The van der Waals surface area contributed by atoms with E-state index in [9.17, 15) is 14.4 Å². The number of nitrogens with zero attached hydrogens (tertiary/aromatic N) is 1. The van der Waals surface area contributed by atoms with E-state index in [0.717, 1.165) is 0 Å². The fourth-order valence-corrected chi connectivity index (χ4v) is 2.46. The van der Waals surface area contributed by atoms with Crippen molar-refractivity contribution in [2.75, 3.05) is 17.9 Å². The van der Waals surface area contributed by atoms with Gasteiger partial charge in [0.15, 0.2) is 0 Å². The number of ether oxygens (including phenoxy) is 1. The number of nitrogens with two attached hydrogens (primary N) is 1. The van der Waals surface area contributed by atoms with Gasteiger partial charge in [-0.1, -0.05) is 18.2 Å². The number of nitrogens with one attached hydrogen (secondary N) is 2. The van der Waals surface area contributed by atoms with Gasteiger partial charge in [-0.25, -0.2) is 15.0 Å². The molecule has 0 aliphatic rings. The number of carbonyl (C=O) groups excluding carboxylic acids is 3. The van der Waals surface area contributed by atoms with Crippen molar-refractivity contribution in [2.45, 2.75) is 13.8 Å². The second kappa shape index (κ2) is 6.86. The van der Waals surface area contributed by atoms with Crippen LogP contribution in [0.3, 0.4) is 0 Å². The Kier molecular flexibility index (Phi) is 4.88. The van der Waals surface area contributed by atoms with Crippen LogP contribution in [-0.4, -0.2) is 29.7 Å². The molecule has 0 aliphatic heterocycles. The summed E-state index contributed by atoms with van der Waals surface area (Å²) in [5, 5.41) is 2.71. The summed E-state index contributed by atoms with van der Waals surface area (Å²) in [6.07, 6.45) is 0. The van der Waals surface area contributed by atoms with Crippen LogP contribution in [0.15, 0.2) is 30.3 Å². The molecular weight excluding hydrogens is 312 g/mol. The van der Waals surface area contributed by atoms with E-state index in [-0.39, 0.29) is 11.1 Å². The SMILES string of the molecule is COC(=O)c1c(C(=O)Nc2ccccc2)c(C)n(NC(N)=O)c1C. The zero-order valence-corrected chi connectivity index (χ0v) is 13.5. The summed E-state index contributed by atoms with van der Waals surface area (Å²) in [6.45, 7) is 3.17. The van der Waals surface area contributed by atoms with Gasteiger partial charge < -0.3 is 15.8 Å². The van der Waals surface area contributed by atoms with Crippen molar-refractivity contribution < 1.29 is 19.1 Å². The van der Waals surface area contributed by atoms with E-state index in [0.29, 0.717) is 17.1 Å². The van der Waals surface area contributed by atoms with E-state index < -0.39 is 17.9 Å². The minimum Gasteiger partial charge on any atom is -0.465 e. The number of hydrogen-bond acceptors (Lipinski definition) is 4. The molecule has 0 bridgehead atoms. The molecule has 0 unspecified atom stereocenters. The first-order valence-corrected chi connectivity index (χ1v) is 7.09. The average Bonchev–Trinajstić information content (AvgIpc) is 2.79. The molecule has 24 heavy (non-hydrogen) atoms. The van der Waals surface area contributed by atoms with Crippen molar-refractivity contribution in [3.05, 3.63) is 52.8 Å². The summed E-state index contributed by atoms with van der Waals surface area (Å²) in [4.78, 5) is 35.9. The van der Waals surface area contributed by atoms with E-state index in [1.54, 1.807) is 38.1 Å². The van der Waals surface area contributed by atoms with Crippen LogP contribution in [-0.2, 0) is 4.74 Å². The van der Waals surface area contributed by atoms with Crippen LogP contribution in [0.1, 0.15) is 32.1 Å². The number of aromatic nitrogens is 1. The second-order valence-corrected chi connectivity index (χ2v) is 5.04. The maximum Gasteiger partial charge on any atom is 0.340 e. The van der Waals surface area contributed by atoms with Crippen LogP contribution < -0.4 is 16.5 Å². The number of primary amides is 1. The van der Waals surface area contributed by atoms with Gasteiger partial charge in [0.1, 0.15) is 0 Å². The van der Waals surface area contributed by atoms with Gasteiger partial charge in [-0.3, -0.25) is 9.47 Å². The highest BCUT2D eigenvalue weighted by Gasteiger charge is 2.28. The summed E-state index contributed by atoms with van der Waals surface area (Å²) in [5.41, 5.74) is 8.97. The average molecular weight is 330 g/mol. The van der Waals surface area contributed by atoms with E-state index in [1.165, 1.54) is 11.8 Å². The largest absolute Gasteiger partial charge is 0.465 e. The number of hydrogen-bond donors (Lipinski definition) is 3. The third-order valence-electron chi connectivity index (χ3n) is 3.51. The second-order valence-electron chi connectivity index (χ2n) is 5.04. The van der Waals surface area contributed by atoms with Crippen LogP contribution in [0.2, 0.25) is 0 Å². The van der Waals surface area contributed by atoms with Crippen LogP contribution in [0.5, 0.6) is 0 Å². The van der Waals surface area contributed by atoms with Crippen molar-refractivity contribution in [1.82, 2.24) is 4.68 Å². The summed E-state index contributed by atoms with van der Waals surface area (Å²) in [6, 6.07) is 7.98. The summed E-state index contributed by atoms with van der Waals surface area (Å²) in [7, 11) is 1.22. The smallest absolute Gasteiger partial charge is 0.340 e. The number of carbonyl (C=O) groups is 3. The molecule has 1 heterocycles. The molecule has 0 aliphatic carbocycles. The van der Waals surface area contributed by atoms with Gasteiger partial charge in [-0.2, -0.15) is 0 Å². The minimum atomic E-state index is -0.817. The standard InChI is InChI=1S/C16H18N4O4/c1-9-12(14(21)18-11-7-5-4-6-8-11)13(15(22)24-3)10(2)20(9)19-16(17)23/h4-8H,1-3H3,(H,18,21)(H3,17,19,23). The molecule has 1 aromatic carbocycles. The third kappa shape index (κ3) is 3.22. The molecule has 2 aromatic rings. The highest BCUT2D eigenvalue weighted by atomic mass is 16.5. The molecule has 1 aromatic heterocycles. The van der Waals surface area contributed by atoms with Gasteiger partial charge >= 0.3 is 12.0 Å². The Labute approximate surface area is 138 Å². The number of benzene rings is 1. The highest BCUT2D eigenvalue weighted by molar-refractivity contribution is 6.12. The Morgan fingerprint density at radius 3 is 2.17 bits per heavy atom. The number of para-hydroxylation sites is 1. The topological polar surface area (TPSA) is 115 Å². The van der Waals surface area contributed by atoms with Crippen molar-refractivity contribution in [3.8, 4) is 0 Å². The van der Waals surface area contributed by atoms with Gasteiger partial charge in [-0.15, -0.1) is 0 Å². The summed E-state index contributed by atoms with van der Waals surface area (Å²) in [5.74, 6) is -1.17. The lowest BCUT2D eigenvalue weighted by Crippen LogP contribution is -2.30. The minimum absolute atomic E-state index is 0.0668. The number of rotatable bonds is 4. The van der Waals surface area contributed by atoms with E-state index in [1.807, 2.05) is 6.07 Å². The van der Waals surface area contributed by atoms with Crippen LogP contribution in [0, 0.1) is 13.8 Å². The van der Waals surface area contributed by atoms with Gasteiger partial charge in [0, 0.05) is 5.69 Å². The van der Waals surface area contributed by atoms with Crippen LogP contribution in [0.25, 0.3) is 0 Å². The Bertz CT molecular complexity index is 796. The monoisotopic (exact) mass is 330 g/mol. The Morgan fingerprint density at radius 2 is 1.62 bits per heavy atom. The first-order chi connectivity index (χ1) is 11.4. The molecule has 126 valence electrons. The number of methoxy groups -OCH3 is 1. The number of esters is 1. The predicted octanol–water partition coefficient (Wildman–Crippen LogP) is 1.77. The maximum atomic E-state index is 12.7. The number of urea groups is 1. The molecule has 3 amide bonds. The lowest BCUT2D eigenvalue weighted by atomic mass is 10.1. The first-order valence-electron chi connectivity index (χ1n) is 7.09. The van der Waals surface area contributed by atoms with Crippen LogP contribution >= 0.6 is 0 Å². The quantitative estimate of drug-likeness (QED) is 0.741. The zero-order valence-electron chi connectivity index (χ0n) is 13.5.